The third-order valence-electron chi connectivity index (χ3n) is 2.05. The van der Waals surface area contributed by atoms with Gasteiger partial charge < -0.3 is 5.41 Å². The molecule has 1 heteroatoms. The molecule has 13 heavy (non-hydrogen) atoms. The lowest BCUT2D eigenvalue weighted by molar-refractivity contribution is 0.562. The van der Waals surface area contributed by atoms with E-state index in [1.807, 2.05) is 13.0 Å². The molecule has 0 spiro atoms. The van der Waals surface area contributed by atoms with E-state index in [-0.39, 0.29) is 0 Å². The Kier molecular flexibility index (Phi) is 8.34. The minimum Gasteiger partial charge on any atom is -0.313 e. The molecule has 1 unspecified atom stereocenters. The van der Waals surface area contributed by atoms with Gasteiger partial charge in [0.05, 0.1) is 0 Å². The molecule has 0 aromatic rings. The monoisotopic (exact) mass is 177 g/mol. The van der Waals surface area contributed by atoms with Crippen LogP contribution in [-0.4, -0.2) is 6.21 Å². The summed E-state index contributed by atoms with van der Waals surface area (Å²) in [4.78, 5) is 0. The van der Waals surface area contributed by atoms with E-state index < -0.39 is 0 Å². The summed E-state index contributed by atoms with van der Waals surface area (Å²) in [6, 6.07) is 0. The zero-order valence-corrected chi connectivity index (χ0v) is 8.47. The summed E-state index contributed by atoms with van der Waals surface area (Å²) >= 11 is 0. The average molecular weight is 177 g/mol. The topological polar surface area (TPSA) is 23.9 Å². The number of hydrogen-bond donors (Lipinski definition) is 1. The zero-order valence-electron chi connectivity index (χ0n) is 8.47. The molecule has 72 valence electrons. The molecule has 1 atom stereocenters. The maximum Gasteiger partial charge on any atom is 0.0151 e. The Labute approximate surface area is 81.7 Å². The minimum absolute atomic E-state index is 0.540. The van der Waals surface area contributed by atoms with Crippen molar-refractivity contribution in [2.45, 2.75) is 39.0 Å². The molecular formula is C12H19N. The van der Waals surface area contributed by atoms with E-state index in [1.54, 1.807) is 0 Å². The van der Waals surface area contributed by atoms with Gasteiger partial charge in [-0.05, 0) is 38.3 Å². The molecule has 0 radical (unpaired) electrons. The molecule has 1 nitrogen and oxygen atoms in total. The Balaban J connectivity index is 3.51. The van der Waals surface area contributed by atoms with Gasteiger partial charge in [0, 0.05) is 6.42 Å². The van der Waals surface area contributed by atoms with E-state index in [0.717, 1.165) is 25.7 Å². The third kappa shape index (κ3) is 7.33. The maximum atomic E-state index is 6.88. The van der Waals surface area contributed by atoms with Crippen molar-refractivity contribution >= 4 is 6.21 Å². The lowest BCUT2D eigenvalue weighted by atomic mass is 9.98. The van der Waals surface area contributed by atoms with Crippen LogP contribution in [0.15, 0.2) is 12.7 Å². The van der Waals surface area contributed by atoms with Gasteiger partial charge in [-0.1, -0.05) is 12.5 Å². The van der Waals surface area contributed by atoms with Crippen molar-refractivity contribution in [3.63, 3.8) is 0 Å². The number of rotatable bonds is 7. The lowest BCUT2D eigenvalue weighted by Crippen LogP contribution is -1.94. The standard InChI is InChI=1S/C12H19N/c1-3-5-9-12(4-2)10-7-6-8-11-13/h4,11-13H,2,6-10H2,1H3. The molecule has 0 rings (SSSR count). The van der Waals surface area contributed by atoms with Crippen LogP contribution in [0.5, 0.6) is 0 Å². The SMILES string of the molecule is C=CC(CC#CC)CCCCC=N. The van der Waals surface area contributed by atoms with Crippen molar-refractivity contribution in [1.82, 2.24) is 0 Å². The van der Waals surface area contributed by atoms with Crippen LogP contribution >= 0.6 is 0 Å². The van der Waals surface area contributed by atoms with E-state index in [4.69, 9.17) is 5.41 Å². The Morgan fingerprint density at radius 3 is 2.77 bits per heavy atom. The van der Waals surface area contributed by atoms with Gasteiger partial charge in [-0.25, -0.2) is 0 Å². The summed E-state index contributed by atoms with van der Waals surface area (Å²) in [5, 5.41) is 6.88. The number of allylic oxidation sites excluding steroid dienone is 1. The molecule has 0 fully saturated rings. The van der Waals surface area contributed by atoms with Crippen molar-refractivity contribution in [2.75, 3.05) is 0 Å². The fourth-order valence-corrected chi connectivity index (χ4v) is 1.19. The minimum atomic E-state index is 0.540. The van der Waals surface area contributed by atoms with E-state index in [1.165, 1.54) is 12.6 Å². The Bertz CT molecular complexity index is 195. The fraction of sp³-hybridized carbons (Fsp3) is 0.583. The molecule has 0 aliphatic carbocycles. The third-order valence-corrected chi connectivity index (χ3v) is 2.05. The van der Waals surface area contributed by atoms with Crippen LogP contribution < -0.4 is 0 Å². The molecule has 0 amide bonds. The van der Waals surface area contributed by atoms with Gasteiger partial charge in [0.15, 0.2) is 0 Å². The number of unbranched alkanes of at least 4 members (excludes halogenated alkanes) is 2. The van der Waals surface area contributed by atoms with Gasteiger partial charge >= 0.3 is 0 Å². The fourth-order valence-electron chi connectivity index (χ4n) is 1.19. The smallest absolute Gasteiger partial charge is 0.0151 e. The summed E-state index contributed by atoms with van der Waals surface area (Å²) < 4.78 is 0. The number of hydrogen-bond acceptors (Lipinski definition) is 1. The highest BCUT2D eigenvalue weighted by Gasteiger charge is 2.00. The van der Waals surface area contributed by atoms with Crippen molar-refractivity contribution in [3.8, 4) is 11.8 Å². The van der Waals surface area contributed by atoms with Crippen LogP contribution in [-0.2, 0) is 0 Å². The van der Waals surface area contributed by atoms with Gasteiger partial charge in [0.2, 0.25) is 0 Å². The second-order valence-electron chi connectivity index (χ2n) is 3.12. The maximum absolute atomic E-state index is 6.88. The summed E-state index contributed by atoms with van der Waals surface area (Å²) in [5.41, 5.74) is 0. The van der Waals surface area contributed by atoms with E-state index >= 15 is 0 Å². The van der Waals surface area contributed by atoms with Crippen molar-refractivity contribution in [3.05, 3.63) is 12.7 Å². The Morgan fingerprint density at radius 2 is 2.23 bits per heavy atom. The highest BCUT2D eigenvalue weighted by Crippen LogP contribution is 2.13. The highest BCUT2D eigenvalue weighted by atomic mass is 14.3. The number of nitrogens with one attached hydrogen (secondary N) is 1. The molecule has 0 bridgehead atoms. The normalized spacial score (nSPS) is 11.2. The first-order valence-electron chi connectivity index (χ1n) is 4.86. The molecule has 0 saturated heterocycles. The van der Waals surface area contributed by atoms with Gasteiger partial charge in [-0.3, -0.25) is 0 Å². The quantitative estimate of drug-likeness (QED) is 0.267. The van der Waals surface area contributed by atoms with Gasteiger partial charge in [0.25, 0.3) is 0 Å². The summed E-state index contributed by atoms with van der Waals surface area (Å²) in [6.45, 7) is 5.67. The molecule has 0 aliphatic heterocycles. The van der Waals surface area contributed by atoms with Crippen LogP contribution in [0.1, 0.15) is 39.0 Å². The largest absolute Gasteiger partial charge is 0.313 e. The van der Waals surface area contributed by atoms with Crippen LogP contribution in [0.2, 0.25) is 0 Å². The van der Waals surface area contributed by atoms with Crippen LogP contribution in [0.4, 0.5) is 0 Å². The van der Waals surface area contributed by atoms with Gasteiger partial charge in [-0.15, -0.1) is 18.4 Å². The summed E-state index contributed by atoms with van der Waals surface area (Å²) in [5.74, 6) is 6.51. The molecular weight excluding hydrogens is 158 g/mol. The van der Waals surface area contributed by atoms with Crippen LogP contribution in [0, 0.1) is 23.2 Å². The summed E-state index contributed by atoms with van der Waals surface area (Å²) in [7, 11) is 0. The van der Waals surface area contributed by atoms with E-state index in [2.05, 4.69) is 18.4 Å². The lowest BCUT2D eigenvalue weighted by Gasteiger charge is -2.07. The predicted molar refractivity (Wildman–Crippen MR) is 59.0 cm³/mol. The molecule has 1 N–H and O–H groups in total. The van der Waals surface area contributed by atoms with Crippen molar-refractivity contribution in [2.24, 2.45) is 5.92 Å². The zero-order chi connectivity index (χ0) is 9.94. The van der Waals surface area contributed by atoms with E-state index in [0.29, 0.717) is 5.92 Å². The first-order valence-corrected chi connectivity index (χ1v) is 4.86. The van der Waals surface area contributed by atoms with E-state index in [9.17, 15) is 0 Å². The molecule has 0 aromatic heterocycles. The predicted octanol–water partition coefficient (Wildman–Crippen LogP) is 3.41. The molecule has 0 aromatic carbocycles. The molecule has 0 aliphatic rings. The second kappa shape index (κ2) is 9.06. The first-order chi connectivity index (χ1) is 6.35. The summed E-state index contributed by atoms with van der Waals surface area (Å²) in [6.07, 6.45) is 8.77. The van der Waals surface area contributed by atoms with Crippen LogP contribution in [0.25, 0.3) is 0 Å². The highest BCUT2D eigenvalue weighted by molar-refractivity contribution is 5.52. The van der Waals surface area contributed by atoms with Crippen molar-refractivity contribution < 1.29 is 0 Å². The Morgan fingerprint density at radius 1 is 1.46 bits per heavy atom. The average Bonchev–Trinajstić information content (AvgIpc) is 2.17. The molecule has 0 saturated carbocycles. The van der Waals surface area contributed by atoms with Crippen molar-refractivity contribution in [1.29, 1.82) is 5.41 Å². The first kappa shape index (κ1) is 12.0. The Hall–Kier alpha value is -1.03. The molecule has 0 heterocycles. The van der Waals surface area contributed by atoms with Crippen LogP contribution in [0.3, 0.4) is 0 Å². The second-order valence-corrected chi connectivity index (χ2v) is 3.12. The van der Waals surface area contributed by atoms with Gasteiger partial charge in [0.1, 0.15) is 0 Å². The van der Waals surface area contributed by atoms with Gasteiger partial charge in [-0.2, -0.15) is 0 Å².